The van der Waals surface area contributed by atoms with Crippen LogP contribution in [0.4, 0.5) is 10.5 Å². The maximum Gasteiger partial charge on any atom is 0.513 e. The monoisotopic (exact) mass is 433 g/mol. The van der Waals surface area contributed by atoms with Crippen molar-refractivity contribution in [1.29, 1.82) is 0 Å². The largest absolute Gasteiger partial charge is 0.513 e. The lowest BCUT2D eigenvalue weighted by Crippen LogP contribution is -2.11. The van der Waals surface area contributed by atoms with Gasteiger partial charge >= 0.3 is 6.16 Å². The van der Waals surface area contributed by atoms with Gasteiger partial charge in [-0.3, -0.25) is 10.1 Å². The Bertz CT molecular complexity index is 627. The molecule has 0 aliphatic heterocycles. The summed E-state index contributed by atoms with van der Waals surface area (Å²) >= 11 is 0. The Balaban J connectivity index is 1.88. The van der Waals surface area contributed by atoms with E-state index in [1.54, 1.807) is 0 Å². The van der Waals surface area contributed by atoms with Crippen LogP contribution in [0.2, 0.25) is 0 Å². The van der Waals surface area contributed by atoms with E-state index in [0.29, 0.717) is 6.61 Å². The van der Waals surface area contributed by atoms with Crippen molar-refractivity contribution in [2.75, 3.05) is 6.61 Å². The average molecular weight is 434 g/mol. The number of hydrogen-bond acceptors (Lipinski definition) is 5. The summed E-state index contributed by atoms with van der Waals surface area (Å²) in [7, 11) is 0. The Hall–Kier alpha value is -2.37. The van der Waals surface area contributed by atoms with Crippen LogP contribution in [-0.2, 0) is 4.74 Å². The van der Waals surface area contributed by atoms with Gasteiger partial charge in [-0.1, -0.05) is 76.9 Å². The number of rotatable bonds is 18. The molecule has 0 bridgehead atoms. The molecule has 1 aromatic rings. The molecule has 0 heterocycles. The minimum Gasteiger partial charge on any atom is -0.434 e. The molecule has 0 fully saturated rings. The highest BCUT2D eigenvalue weighted by molar-refractivity contribution is 5.63. The molecule has 0 spiro atoms. The molecule has 0 amide bonds. The highest BCUT2D eigenvalue weighted by Gasteiger charge is 2.08. The lowest BCUT2D eigenvalue weighted by atomic mass is 10.1. The van der Waals surface area contributed by atoms with Gasteiger partial charge in [0.05, 0.1) is 11.5 Å². The van der Waals surface area contributed by atoms with Crippen LogP contribution in [0.25, 0.3) is 0 Å². The van der Waals surface area contributed by atoms with Gasteiger partial charge in [-0.25, -0.2) is 4.79 Å². The number of nitro groups is 1. The topological polar surface area (TPSA) is 78.7 Å². The summed E-state index contributed by atoms with van der Waals surface area (Å²) in [5, 5.41) is 10.6. The fraction of sp³-hybridized carbons (Fsp3) is 0.640. The molecule has 0 aliphatic rings. The van der Waals surface area contributed by atoms with E-state index in [-0.39, 0.29) is 11.4 Å². The molecule has 0 unspecified atom stereocenters. The third-order valence-electron chi connectivity index (χ3n) is 5.12. The molecular formula is C25H39NO5. The first-order valence-corrected chi connectivity index (χ1v) is 11.9. The first kappa shape index (κ1) is 26.7. The molecule has 0 N–H and O–H groups in total. The summed E-state index contributed by atoms with van der Waals surface area (Å²) in [4.78, 5) is 21.7. The Kier molecular flexibility index (Phi) is 15.8. The van der Waals surface area contributed by atoms with Crippen LogP contribution in [-0.4, -0.2) is 17.7 Å². The molecule has 0 aliphatic carbocycles. The van der Waals surface area contributed by atoms with E-state index < -0.39 is 11.1 Å². The number of nitrogens with zero attached hydrogens (tertiary/aromatic N) is 1. The van der Waals surface area contributed by atoms with Crippen molar-refractivity contribution >= 4 is 11.8 Å². The summed E-state index contributed by atoms with van der Waals surface area (Å²) in [6.45, 7) is 2.58. The molecule has 1 rings (SSSR count). The van der Waals surface area contributed by atoms with E-state index in [0.717, 1.165) is 19.3 Å². The van der Waals surface area contributed by atoms with Crippen molar-refractivity contribution in [3.8, 4) is 5.75 Å². The summed E-state index contributed by atoms with van der Waals surface area (Å²) in [6, 6.07) is 5.33. The van der Waals surface area contributed by atoms with Crippen molar-refractivity contribution in [2.24, 2.45) is 0 Å². The van der Waals surface area contributed by atoms with Gasteiger partial charge in [-0.15, -0.1) is 0 Å². The number of hydrogen-bond donors (Lipinski definition) is 0. The fourth-order valence-electron chi connectivity index (χ4n) is 3.27. The number of carbonyl (C=O) groups is 1. The fourth-order valence-corrected chi connectivity index (χ4v) is 3.27. The molecule has 6 heteroatoms. The number of benzene rings is 1. The average Bonchev–Trinajstić information content (AvgIpc) is 2.76. The van der Waals surface area contributed by atoms with E-state index >= 15 is 0 Å². The molecule has 174 valence electrons. The Morgan fingerprint density at radius 1 is 0.839 bits per heavy atom. The quantitative estimate of drug-likeness (QED) is 0.0583. The van der Waals surface area contributed by atoms with Crippen LogP contribution >= 0.6 is 0 Å². The van der Waals surface area contributed by atoms with E-state index in [2.05, 4.69) is 19.1 Å². The van der Waals surface area contributed by atoms with Gasteiger partial charge in [0, 0.05) is 12.1 Å². The Morgan fingerprint density at radius 2 is 1.35 bits per heavy atom. The first-order chi connectivity index (χ1) is 15.1. The van der Waals surface area contributed by atoms with E-state index in [1.807, 2.05) is 0 Å². The van der Waals surface area contributed by atoms with E-state index in [1.165, 1.54) is 94.9 Å². The van der Waals surface area contributed by atoms with Crippen molar-refractivity contribution in [1.82, 2.24) is 0 Å². The second-order valence-electron chi connectivity index (χ2n) is 7.89. The van der Waals surface area contributed by atoms with Crippen LogP contribution in [0.5, 0.6) is 5.75 Å². The zero-order chi connectivity index (χ0) is 22.6. The van der Waals surface area contributed by atoms with Crippen molar-refractivity contribution in [3.05, 3.63) is 46.5 Å². The van der Waals surface area contributed by atoms with Crippen molar-refractivity contribution < 1.29 is 19.2 Å². The highest BCUT2D eigenvalue weighted by Crippen LogP contribution is 2.17. The van der Waals surface area contributed by atoms with Crippen LogP contribution in [0, 0.1) is 10.1 Å². The summed E-state index contributed by atoms with van der Waals surface area (Å²) < 4.78 is 10.0. The van der Waals surface area contributed by atoms with Gasteiger partial charge in [0.1, 0.15) is 5.75 Å². The van der Waals surface area contributed by atoms with Gasteiger partial charge in [-0.05, 0) is 44.2 Å². The Labute approximate surface area is 187 Å². The third kappa shape index (κ3) is 15.1. The highest BCUT2D eigenvalue weighted by atomic mass is 16.7. The first-order valence-electron chi connectivity index (χ1n) is 11.9. The predicted octanol–water partition coefficient (Wildman–Crippen LogP) is 8.15. The van der Waals surface area contributed by atoms with Crippen LogP contribution in [0.1, 0.15) is 96.8 Å². The molecule has 0 saturated heterocycles. The summed E-state index contributed by atoms with van der Waals surface area (Å²) in [5.74, 6) is 0.233. The predicted molar refractivity (Wildman–Crippen MR) is 125 cm³/mol. The maximum absolute atomic E-state index is 11.6. The number of nitro benzene ring substituents is 1. The van der Waals surface area contributed by atoms with Gasteiger partial charge in [0.2, 0.25) is 0 Å². The minimum absolute atomic E-state index is 0.0510. The standard InChI is InChI=1S/C25H39NO5/c1-2-3-4-5-6-7-8-9-10-11-12-13-14-15-16-17-22-30-25(27)31-24-20-18-23(19-21-24)26(28)29/h9-10,18-21H,2-8,11-17,22H2,1H3/b10-9-. The number of allylic oxidation sites excluding steroid dienone is 2. The molecule has 0 saturated carbocycles. The smallest absolute Gasteiger partial charge is 0.434 e. The number of carbonyl (C=O) groups excluding carboxylic acids is 1. The molecule has 0 radical (unpaired) electrons. The summed E-state index contributed by atoms with van der Waals surface area (Å²) in [6.07, 6.45) is 21.1. The minimum atomic E-state index is -0.776. The molecular weight excluding hydrogens is 394 g/mol. The van der Waals surface area contributed by atoms with Crippen molar-refractivity contribution in [2.45, 2.75) is 96.8 Å². The zero-order valence-electron chi connectivity index (χ0n) is 19.1. The third-order valence-corrected chi connectivity index (χ3v) is 5.12. The van der Waals surface area contributed by atoms with Crippen LogP contribution < -0.4 is 4.74 Å². The molecule has 31 heavy (non-hydrogen) atoms. The second-order valence-corrected chi connectivity index (χ2v) is 7.89. The van der Waals surface area contributed by atoms with E-state index in [9.17, 15) is 14.9 Å². The number of unbranched alkanes of at least 4 members (excludes halogenated alkanes) is 12. The molecule has 1 aromatic carbocycles. The molecule has 0 atom stereocenters. The van der Waals surface area contributed by atoms with Gasteiger partial charge < -0.3 is 9.47 Å². The molecule has 0 aromatic heterocycles. The lowest BCUT2D eigenvalue weighted by molar-refractivity contribution is -0.384. The van der Waals surface area contributed by atoms with Crippen molar-refractivity contribution in [3.63, 3.8) is 0 Å². The van der Waals surface area contributed by atoms with Gasteiger partial charge in [0.15, 0.2) is 0 Å². The number of non-ortho nitro benzene ring substituents is 1. The van der Waals surface area contributed by atoms with Gasteiger partial charge in [-0.2, -0.15) is 0 Å². The lowest BCUT2D eigenvalue weighted by Gasteiger charge is -2.06. The van der Waals surface area contributed by atoms with Gasteiger partial charge in [0.25, 0.3) is 5.69 Å². The molecule has 6 nitrogen and oxygen atoms in total. The summed E-state index contributed by atoms with van der Waals surface area (Å²) in [5.41, 5.74) is -0.0510. The SMILES string of the molecule is CCCCCCCC/C=C\CCCCCCCCOC(=O)Oc1ccc([N+](=O)[O-])cc1. The maximum atomic E-state index is 11.6. The normalized spacial score (nSPS) is 11.0. The number of ether oxygens (including phenoxy) is 2. The van der Waals surface area contributed by atoms with Crippen LogP contribution in [0.15, 0.2) is 36.4 Å². The van der Waals surface area contributed by atoms with Crippen LogP contribution in [0.3, 0.4) is 0 Å². The Morgan fingerprint density at radius 3 is 1.90 bits per heavy atom. The second kappa shape index (κ2) is 18.4. The zero-order valence-corrected chi connectivity index (χ0v) is 19.1. The van der Waals surface area contributed by atoms with E-state index in [4.69, 9.17) is 9.47 Å².